The summed E-state index contributed by atoms with van der Waals surface area (Å²) < 4.78 is 31.4. The zero-order valence-electron chi connectivity index (χ0n) is 7.23. The summed E-state index contributed by atoms with van der Waals surface area (Å²) in [6, 6.07) is 0. The van der Waals surface area contributed by atoms with Crippen LogP contribution >= 0.6 is 0 Å². The minimum atomic E-state index is -3.92. The van der Waals surface area contributed by atoms with E-state index in [1.807, 2.05) is 0 Å². The van der Waals surface area contributed by atoms with Crippen LogP contribution in [0.25, 0.3) is 0 Å². The molecule has 0 aliphatic carbocycles. The fourth-order valence-corrected chi connectivity index (χ4v) is 0.0833. The van der Waals surface area contributed by atoms with Gasteiger partial charge in [-0.25, -0.2) is 13.2 Å². The molecule has 0 aliphatic heterocycles. The van der Waals surface area contributed by atoms with Crippen molar-refractivity contribution < 1.29 is 52.1 Å². The van der Waals surface area contributed by atoms with Crippen molar-refractivity contribution in [1.29, 1.82) is 0 Å². The zero-order valence-corrected chi connectivity index (χ0v) is 10.1. The third-order valence-electron chi connectivity index (χ3n) is 0.368. The first-order valence-electron chi connectivity index (χ1n) is 2.42. The van der Waals surface area contributed by atoms with Gasteiger partial charge in [-0.05, 0) is 0 Å². The molecule has 0 N–H and O–H groups in total. The van der Waals surface area contributed by atoms with Gasteiger partial charge in [0.2, 0.25) is 0 Å². The van der Waals surface area contributed by atoms with Crippen LogP contribution in [0.5, 0.6) is 0 Å². The van der Waals surface area contributed by atoms with E-state index in [4.69, 9.17) is 13.0 Å². The van der Waals surface area contributed by atoms with Gasteiger partial charge in [0.25, 0.3) is 0 Å². The molecule has 0 amide bonds. The van der Waals surface area contributed by atoms with Crippen LogP contribution in [0.2, 0.25) is 0 Å². The van der Waals surface area contributed by atoms with Crippen LogP contribution in [0.4, 0.5) is 0 Å². The predicted molar refractivity (Wildman–Crippen MR) is 37.8 cm³/mol. The van der Waals surface area contributed by atoms with Gasteiger partial charge in [0.1, 0.15) is 0 Å². The number of carbonyl (C=O) groups is 1. The van der Waals surface area contributed by atoms with Crippen LogP contribution in [0.15, 0.2) is 12.7 Å². The Morgan fingerprint density at radius 1 is 1.58 bits per heavy atom. The monoisotopic (exact) mass is 204 g/mol. The van der Waals surface area contributed by atoms with Crippen molar-refractivity contribution >= 4 is 16.1 Å². The molecule has 7 heteroatoms. The average Bonchev–Trinajstić information content (AvgIpc) is 1.83. The SMILES string of the molecule is C=CC(=O)OC.CS(=O)(=O)[O-].[Na+]. The number of rotatable bonds is 1. The Balaban J connectivity index is -0.000000126. The summed E-state index contributed by atoms with van der Waals surface area (Å²) in [5.41, 5.74) is 0. The molecule has 0 aromatic heterocycles. The summed E-state index contributed by atoms with van der Waals surface area (Å²) in [6.07, 6.45) is 1.72. The van der Waals surface area contributed by atoms with Crippen LogP contribution in [0.3, 0.4) is 0 Å². The first-order valence-corrected chi connectivity index (χ1v) is 4.24. The molecule has 0 unspecified atom stereocenters. The molecular weight excluding hydrogens is 195 g/mol. The third kappa shape index (κ3) is 49.6. The van der Waals surface area contributed by atoms with Gasteiger partial charge in [-0.15, -0.1) is 0 Å². The van der Waals surface area contributed by atoms with Crippen molar-refractivity contribution in [1.82, 2.24) is 0 Å². The van der Waals surface area contributed by atoms with Crippen molar-refractivity contribution in [3.63, 3.8) is 0 Å². The molecule has 66 valence electrons. The summed E-state index contributed by atoms with van der Waals surface area (Å²) in [4.78, 5) is 9.84. The number of hydrogen-bond donors (Lipinski definition) is 0. The van der Waals surface area contributed by atoms with Crippen LogP contribution in [0.1, 0.15) is 0 Å². The molecule has 0 fully saturated rings. The van der Waals surface area contributed by atoms with Gasteiger partial charge in [-0.2, -0.15) is 0 Å². The van der Waals surface area contributed by atoms with Gasteiger partial charge in [0, 0.05) is 12.3 Å². The van der Waals surface area contributed by atoms with Crippen LogP contribution in [-0.2, 0) is 19.6 Å². The van der Waals surface area contributed by atoms with Crippen LogP contribution < -0.4 is 29.6 Å². The molecule has 0 spiro atoms. The molecule has 12 heavy (non-hydrogen) atoms. The van der Waals surface area contributed by atoms with Crippen molar-refractivity contribution in [3.8, 4) is 0 Å². The topological polar surface area (TPSA) is 83.5 Å². The van der Waals surface area contributed by atoms with Crippen molar-refractivity contribution in [2.24, 2.45) is 0 Å². The summed E-state index contributed by atoms with van der Waals surface area (Å²) in [6.45, 7) is 3.16. The molecular formula is C5H9NaO5S. The average molecular weight is 204 g/mol. The Hall–Kier alpha value is 0.120. The van der Waals surface area contributed by atoms with Gasteiger partial charge >= 0.3 is 35.5 Å². The molecule has 0 saturated heterocycles. The molecule has 0 atom stereocenters. The quantitative estimate of drug-likeness (QED) is 0.191. The van der Waals surface area contributed by atoms with Gasteiger partial charge in [0.05, 0.1) is 17.2 Å². The van der Waals surface area contributed by atoms with Gasteiger partial charge in [0.15, 0.2) is 0 Å². The molecule has 0 radical (unpaired) electrons. The number of methoxy groups -OCH3 is 1. The molecule has 0 rings (SSSR count). The second kappa shape index (κ2) is 9.21. The van der Waals surface area contributed by atoms with E-state index in [2.05, 4.69) is 11.3 Å². The minimum absolute atomic E-state index is 0. The third-order valence-corrected chi connectivity index (χ3v) is 0.368. The molecule has 0 bridgehead atoms. The first kappa shape index (κ1) is 18.0. The minimum Gasteiger partial charge on any atom is -0.748 e. The van der Waals surface area contributed by atoms with E-state index in [1.165, 1.54) is 7.11 Å². The van der Waals surface area contributed by atoms with E-state index in [0.29, 0.717) is 6.26 Å². The summed E-state index contributed by atoms with van der Waals surface area (Å²) in [5.74, 6) is -0.394. The summed E-state index contributed by atoms with van der Waals surface area (Å²) in [5, 5.41) is 0. The number of hydrogen-bond acceptors (Lipinski definition) is 5. The fraction of sp³-hybridized carbons (Fsp3) is 0.400. The van der Waals surface area contributed by atoms with Gasteiger partial charge in [-0.1, -0.05) is 6.58 Å². The maximum absolute atomic E-state index is 9.84. The number of carbonyl (C=O) groups excluding carboxylic acids is 1. The smallest absolute Gasteiger partial charge is 0.748 e. The Bertz CT molecular complexity index is 212. The number of ether oxygens (including phenoxy) is 1. The fourth-order valence-electron chi connectivity index (χ4n) is 0.0833. The van der Waals surface area contributed by atoms with Gasteiger partial charge < -0.3 is 9.29 Å². The second-order valence-electron chi connectivity index (χ2n) is 1.43. The Kier molecular flexibility index (Phi) is 13.8. The molecule has 0 aromatic carbocycles. The molecule has 0 saturated carbocycles. The predicted octanol–water partition coefficient (Wildman–Crippen LogP) is -3.49. The number of esters is 1. The van der Waals surface area contributed by atoms with Crippen LogP contribution in [0, 0.1) is 0 Å². The summed E-state index contributed by atoms with van der Waals surface area (Å²) >= 11 is 0. The van der Waals surface area contributed by atoms with Crippen molar-refractivity contribution in [2.45, 2.75) is 0 Å². The molecule has 5 nitrogen and oxygen atoms in total. The molecule has 0 aliphatic rings. The second-order valence-corrected chi connectivity index (χ2v) is 2.84. The Morgan fingerprint density at radius 2 is 1.83 bits per heavy atom. The van der Waals surface area contributed by atoms with Gasteiger partial charge in [-0.3, -0.25) is 0 Å². The maximum Gasteiger partial charge on any atom is 1.00 e. The summed E-state index contributed by atoms with van der Waals surface area (Å²) in [7, 11) is -2.61. The van der Waals surface area contributed by atoms with E-state index >= 15 is 0 Å². The zero-order chi connectivity index (χ0) is 9.49. The van der Waals surface area contributed by atoms with E-state index < -0.39 is 16.1 Å². The van der Waals surface area contributed by atoms with E-state index in [9.17, 15) is 4.79 Å². The van der Waals surface area contributed by atoms with E-state index in [1.54, 1.807) is 0 Å². The maximum atomic E-state index is 9.84. The van der Waals surface area contributed by atoms with Crippen molar-refractivity contribution in [2.75, 3.05) is 13.4 Å². The Labute approximate surface area is 93.8 Å². The normalized spacial score (nSPS) is 8.25. The van der Waals surface area contributed by atoms with E-state index in [-0.39, 0.29) is 29.6 Å². The van der Waals surface area contributed by atoms with E-state index in [0.717, 1.165) is 6.08 Å². The van der Waals surface area contributed by atoms with Crippen molar-refractivity contribution in [3.05, 3.63) is 12.7 Å². The standard InChI is InChI=1S/C4H6O2.CH4O3S.Na/c1-3-4(5)6-2;1-5(2,3)4;/h3H,1H2,2H3;1H3,(H,2,3,4);/q;;+1/p-1. The molecule has 0 heterocycles. The largest absolute Gasteiger partial charge is 1.00 e. The van der Waals surface area contributed by atoms with Crippen LogP contribution in [-0.4, -0.2) is 32.3 Å². The molecule has 0 aromatic rings. The first-order chi connectivity index (χ1) is 4.81. The Morgan fingerprint density at radius 3 is 1.83 bits per heavy atom.